The molecular formula is C19H18ClNO5S. The third kappa shape index (κ3) is 4.87. The molecule has 8 heteroatoms. The predicted molar refractivity (Wildman–Crippen MR) is 103 cm³/mol. The topological polar surface area (TPSA) is 81.7 Å². The molecule has 2 aromatic rings. The van der Waals surface area contributed by atoms with E-state index in [-0.39, 0.29) is 30.7 Å². The summed E-state index contributed by atoms with van der Waals surface area (Å²) in [6.45, 7) is 1.54. The fraction of sp³-hybridized carbons (Fsp3) is 0.316. The predicted octanol–water partition coefficient (Wildman–Crippen LogP) is 4.14. The summed E-state index contributed by atoms with van der Waals surface area (Å²) in [5, 5.41) is 5.34. The van der Waals surface area contributed by atoms with Crippen molar-refractivity contribution in [3.63, 3.8) is 0 Å². The number of hydrogen-bond donors (Lipinski definition) is 1. The molecule has 0 spiro atoms. The van der Waals surface area contributed by atoms with E-state index in [1.54, 1.807) is 36.6 Å². The summed E-state index contributed by atoms with van der Waals surface area (Å²) in [6.07, 6.45) is 1.62. The van der Waals surface area contributed by atoms with Crippen molar-refractivity contribution in [1.29, 1.82) is 0 Å². The Bertz CT molecular complexity index is 857. The van der Waals surface area contributed by atoms with Crippen LogP contribution in [0.3, 0.4) is 0 Å². The second kappa shape index (κ2) is 8.54. The van der Waals surface area contributed by atoms with Crippen molar-refractivity contribution >= 4 is 45.8 Å². The number of ether oxygens (including phenoxy) is 2. The van der Waals surface area contributed by atoms with Crippen molar-refractivity contribution in [2.45, 2.75) is 19.8 Å². The minimum absolute atomic E-state index is 0.0776. The zero-order valence-corrected chi connectivity index (χ0v) is 16.2. The molecule has 6 nitrogen and oxygen atoms in total. The molecule has 0 aliphatic heterocycles. The van der Waals surface area contributed by atoms with E-state index in [0.29, 0.717) is 15.6 Å². The summed E-state index contributed by atoms with van der Waals surface area (Å²) < 4.78 is 10.1. The average molecular weight is 408 g/mol. The monoisotopic (exact) mass is 407 g/mol. The van der Waals surface area contributed by atoms with Crippen LogP contribution < -0.4 is 5.32 Å². The molecule has 0 bridgehead atoms. The van der Waals surface area contributed by atoms with Crippen LogP contribution in [0.25, 0.3) is 11.1 Å². The number of amides is 1. The molecule has 0 saturated heterocycles. The number of nitrogens with one attached hydrogen (secondary N) is 1. The Morgan fingerprint density at radius 2 is 1.89 bits per heavy atom. The molecule has 1 aromatic carbocycles. The highest BCUT2D eigenvalue weighted by molar-refractivity contribution is 7.15. The first kappa shape index (κ1) is 19.4. The Morgan fingerprint density at radius 3 is 2.52 bits per heavy atom. The van der Waals surface area contributed by atoms with E-state index in [4.69, 9.17) is 21.1 Å². The summed E-state index contributed by atoms with van der Waals surface area (Å²) in [4.78, 5) is 36.1. The first-order chi connectivity index (χ1) is 13.0. The highest BCUT2D eigenvalue weighted by Gasteiger charge is 2.31. The van der Waals surface area contributed by atoms with E-state index in [0.717, 1.165) is 18.4 Å². The maximum absolute atomic E-state index is 12.5. The average Bonchev–Trinajstić information content (AvgIpc) is 3.42. The molecule has 0 radical (unpaired) electrons. The van der Waals surface area contributed by atoms with E-state index in [1.165, 1.54) is 11.3 Å². The van der Waals surface area contributed by atoms with E-state index >= 15 is 0 Å². The fourth-order valence-corrected chi connectivity index (χ4v) is 3.53. The quantitative estimate of drug-likeness (QED) is 0.697. The lowest BCUT2D eigenvalue weighted by atomic mass is 10.0. The second-order valence-electron chi connectivity index (χ2n) is 6.01. The van der Waals surface area contributed by atoms with Crippen LogP contribution in [0.5, 0.6) is 0 Å². The summed E-state index contributed by atoms with van der Waals surface area (Å²) in [7, 11) is 0. The molecule has 1 aliphatic carbocycles. The van der Waals surface area contributed by atoms with Crippen LogP contribution in [-0.4, -0.2) is 31.1 Å². The molecule has 1 heterocycles. The Morgan fingerprint density at radius 1 is 1.19 bits per heavy atom. The molecule has 27 heavy (non-hydrogen) atoms. The number of esters is 2. The van der Waals surface area contributed by atoms with Gasteiger partial charge in [-0.25, -0.2) is 4.79 Å². The van der Waals surface area contributed by atoms with Crippen LogP contribution >= 0.6 is 22.9 Å². The van der Waals surface area contributed by atoms with Gasteiger partial charge in [0.1, 0.15) is 10.6 Å². The Balaban J connectivity index is 1.79. The zero-order valence-electron chi connectivity index (χ0n) is 14.6. The largest absolute Gasteiger partial charge is 0.462 e. The number of benzene rings is 1. The molecule has 0 unspecified atom stereocenters. The third-order valence-corrected chi connectivity index (χ3v) is 5.08. The first-order valence-corrected chi connectivity index (χ1v) is 9.76. The van der Waals surface area contributed by atoms with Crippen LogP contribution in [0, 0.1) is 5.92 Å². The van der Waals surface area contributed by atoms with Crippen LogP contribution in [0.2, 0.25) is 5.02 Å². The van der Waals surface area contributed by atoms with E-state index < -0.39 is 11.9 Å². The van der Waals surface area contributed by atoms with Gasteiger partial charge in [0.25, 0.3) is 5.91 Å². The van der Waals surface area contributed by atoms with Crippen LogP contribution in [0.1, 0.15) is 30.1 Å². The van der Waals surface area contributed by atoms with Gasteiger partial charge in [0, 0.05) is 16.0 Å². The van der Waals surface area contributed by atoms with E-state index in [2.05, 4.69) is 5.32 Å². The minimum Gasteiger partial charge on any atom is -0.462 e. The van der Waals surface area contributed by atoms with E-state index in [1.807, 2.05) is 0 Å². The van der Waals surface area contributed by atoms with Gasteiger partial charge >= 0.3 is 11.9 Å². The van der Waals surface area contributed by atoms with Gasteiger partial charge < -0.3 is 14.8 Å². The lowest BCUT2D eigenvalue weighted by Crippen LogP contribution is -2.22. The van der Waals surface area contributed by atoms with Crippen molar-refractivity contribution in [3.05, 3.63) is 40.2 Å². The van der Waals surface area contributed by atoms with Crippen LogP contribution in [-0.2, 0) is 19.1 Å². The molecule has 142 valence electrons. The smallest absolute Gasteiger partial charge is 0.341 e. The number of hydrogen-bond acceptors (Lipinski definition) is 6. The summed E-state index contributed by atoms with van der Waals surface area (Å²) in [5.41, 5.74) is 1.69. The minimum atomic E-state index is -0.533. The van der Waals surface area contributed by atoms with Gasteiger partial charge in [0.15, 0.2) is 6.61 Å². The molecular weight excluding hydrogens is 390 g/mol. The standard InChI is InChI=1S/C19H18ClNO5S/c1-2-25-19(24)16-14(11-5-7-13(20)8-6-11)10-27-17(16)21-15(22)9-26-18(23)12-3-4-12/h5-8,10,12H,2-4,9H2,1H3,(H,21,22). The Hall–Kier alpha value is -2.38. The Kier molecular flexibility index (Phi) is 6.13. The molecule has 1 amide bonds. The third-order valence-electron chi connectivity index (χ3n) is 3.93. The maximum Gasteiger partial charge on any atom is 0.341 e. The van der Waals surface area contributed by atoms with Crippen molar-refractivity contribution in [2.75, 3.05) is 18.5 Å². The van der Waals surface area contributed by atoms with Gasteiger partial charge in [-0.2, -0.15) is 0 Å². The van der Waals surface area contributed by atoms with Crippen molar-refractivity contribution in [1.82, 2.24) is 0 Å². The number of rotatable bonds is 7. The second-order valence-corrected chi connectivity index (χ2v) is 7.33. The molecule has 1 aliphatic rings. The van der Waals surface area contributed by atoms with Gasteiger partial charge in [-0.05, 0) is 37.5 Å². The Labute approximate surface area is 165 Å². The van der Waals surface area contributed by atoms with Crippen LogP contribution in [0.15, 0.2) is 29.6 Å². The number of thiophene rings is 1. The maximum atomic E-state index is 12.5. The number of carbonyl (C=O) groups is 3. The normalized spacial score (nSPS) is 13.1. The van der Waals surface area contributed by atoms with Crippen molar-refractivity contribution < 1.29 is 23.9 Å². The number of anilines is 1. The molecule has 1 saturated carbocycles. The zero-order chi connectivity index (χ0) is 19.4. The van der Waals surface area contributed by atoms with Gasteiger partial charge in [0.2, 0.25) is 0 Å². The van der Waals surface area contributed by atoms with Gasteiger partial charge in [0.05, 0.1) is 12.5 Å². The molecule has 1 N–H and O–H groups in total. The SMILES string of the molecule is CCOC(=O)c1c(-c2ccc(Cl)cc2)csc1NC(=O)COC(=O)C1CC1. The lowest BCUT2D eigenvalue weighted by molar-refractivity contribution is -0.148. The fourth-order valence-electron chi connectivity index (χ4n) is 2.43. The van der Waals surface area contributed by atoms with Gasteiger partial charge in [-0.1, -0.05) is 23.7 Å². The highest BCUT2D eigenvalue weighted by Crippen LogP contribution is 2.36. The molecule has 0 atom stereocenters. The lowest BCUT2D eigenvalue weighted by Gasteiger charge is -2.09. The number of carbonyl (C=O) groups excluding carboxylic acids is 3. The van der Waals surface area contributed by atoms with Crippen molar-refractivity contribution in [2.24, 2.45) is 5.92 Å². The first-order valence-electron chi connectivity index (χ1n) is 8.50. The summed E-state index contributed by atoms with van der Waals surface area (Å²) in [6, 6.07) is 7.02. The van der Waals surface area contributed by atoms with E-state index in [9.17, 15) is 14.4 Å². The molecule has 3 rings (SSSR count). The molecule has 1 fully saturated rings. The van der Waals surface area contributed by atoms with Gasteiger partial charge in [-0.15, -0.1) is 11.3 Å². The van der Waals surface area contributed by atoms with Crippen LogP contribution in [0.4, 0.5) is 5.00 Å². The number of halogens is 1. The molecule has 1 aromatic heterocycles. The van der Waals surface area contributed by atoms with Gasteiger partial charge in [-0.3, -0.25) is 9.59 Å². The summed E-state index contributed by atoms with van der Waals surface area (Å²) in [5.74, 6) is -1.47. The van der Waals surface area contributed by atoms with Crippen molar-refractivity contribution in [3.8, 4) is 11.1 Å². The highest BCUT2D eigenvalue weighted by atomic mass is 35.5. The summed E-state index contributed by atoms with van der Waals surface area (Å²) >= 11 is 7.13.